The molecule has 0 spiro atoms. The molecule has 19 nitrogen and oxygen atoms in total. The second kappa shape index (κ2) is 15.3. The summed E-state index contributed by atoms with van der Waals surface area (Å²) in [5, 5.41) is 135. The van der Waals surface area contributed by atoms with Gasteiger partial charge in [0.15, 0.2) is 25.2 Å². The van der Waals surface area contributed by atoms with Crippen molar-refractivity contribution in [3.05, 3.63) is 11.6 Å². The van der Waals surface area contributed by atoms with Crippen LogP contribution in [0.3, 0.4) is 0 Å². The average molecular weight is 632 g/mol. The predicted molar refractivity (Wildman–Crippen MR) is 134 cm³/mol. The molecule has 0 amide bonds. The summed E-state index contributed by atoms with van der Waals surface area (Å²) in [7, 11) is 0. The van der Waals surface area contributed by atoms with Gasteiger partial charge in [-0.05, 0) is 12.5 Å². The Balaban J connectivity index is 1.67. The second-order valence-corrected chi connectivity index (χ2v) is 10.7. The number of hydrogen-bond acceptors (Lipinski definition) is 19. The molecular weight excluding hydrogens is 590 g/mol. The van der Waals surface area contributed by atoms with Crippen LogP contribution in [0.2, 0.25) is 0 Å². The molecule has 0 aromatic rings. The summed E-state index contributed by atoms with van der Waals surface area (Å²) in [5.41, 5.74) is 0.00339. The average Bonchev–Trinajstić information content (AvgIpc) is 2.99. The van der Waals surface area contributed by atoms with Crippen LogP contribution in [0.25, 0.3) is 0 Å². The molecule has 18 atom stereocenters. The second-order valence-electron chi connectivity index (χ2n) is 10.7. The lowest BCUT2D eigenvalue weighted by atomic mass is 9.86. The van der Waals surface area contributed by atoms with E-state index in [1.54, 1.807) is 0 Å². The first-order valence-corrected chi connectivity index (χ1v) is 13.4. The normalized spacial score (nSPS) is 45.1. The van der Waals surface area contributed by atoms with Crippen molar-refractivity contribution >= 4 is 6.29 Å². The highest BCUT2D eigenvalue weighted by atomic mass is 16.8. The largest absolute Gasteiger partial charge is 0.394 e. The Morgan fingerprint density at radius 3 is 2.09 bits per heavy atom. The lowest BCUT2D eigenvalue weighted by Gasteiger charge is -2.47. The van der Waals surface area contributed by atoms with E-state index >= 15 is 0 Å². The minimum absolute atomic E-state index is 0.00339. The fourth-order valence-electron chi connectivity index (χ4n) is 5.10. The Hall–Kier alpha value is -1.31. The van der Waals surface area contributed by atoms with Gasteiger partial charge in [0.05, 0.1) is 31.4 Å². The molecule has 0 aromatic heterocycles. The van der Waals surface area contributed by atoms with Gasteiger partial charge in [0.1, 0.15) is 73.2 Å². The first-order chi connectivity index (χ1) is 20.2. The maximum Gasteiger partial charge on any atom is 0.189 e. The van der Waals surface area contributed by atoms with Crippen molar-refractivity contribution in [2.75, 3.05) is 13.2 Å². The molecule has 0 radical (unpaired) electrons. The van der Waals surface area contributed by atoms with E-state index in [0.717, 1.165) is 0 Å². The number of ether oxygens (including phenoxy) is 4. The van der Waals surface area contributed by atoms with Crippen molar-refractivity contribution in [3.8, 4) is 0 Å². The third kappa shape index (κ3) is 7.74. The van der Waals surface area contributed by atoms with Gasteiger partial charge in [0.2, 0.25) is 0 Å². The molecule has 2 saturated heterocycles. The topological polar surface area (TPSA) is 329 Å². The molecule has 2 heterocycles. The van der Waals surface area contributed by atoms with Gasteiger partial charge < -0.3 is 95.4 Å². The summed E-state index contributed by atoms with van der Waals surface area (Å²) in [6, 6.07) is -2.23. The van der Waals surface area contributed by atoms with Crippen molar-refractivity contribution in [1.29, 1.82) is 0 Å². The van der Waals surface area contributed by atoms with Gasteiger partial charge in [-0.1, -0.05) is 6.08 Å². The van der Waals surface area contributed by atoms with Crippen molar-refractivity contribution in [3.63, 3.8) is 0 Å². The molecule has 43 heavy (non-hydrogen) atoms. The molecule has 3 aliphatic rings. The van der Waals surface area contributed by atoms with E-state index in [1.165, 1.54) is 13.0 Å². The maximum absolute atomic E-state index is 10.8. The maximum atomic E-state index is 10.8. The van der Waals surface area contributed by atoms with Crippen LogP contribution in [-0.4, -0.2) is 196 Å². The van der Waals surface area contributed by atoms with E-state index in [-0.39, 0.29) is 11.9 Å². The molecule has 0 bridgehead atoms. The molecule has 19 heteroatoms. The third-order valence-electron chi connectivity index (χ3n) is 7.73. The number of aliphatic hydroxyl groups is 13. The van der Waals surface area contributed by atoms with Crippen LogP contribution in [0, 0.1) is 0 Å². The van der Waals surface area contributed by atoms with Crippen LogP contribution in [0.5, 0.6) is 0 Å². The van der Waals surface area contributed by atoms with Gasteiger partial charge >= 0.3 is 0 Å². The molecule has 3 rings (SSSR count). The molecule has 18 unspecified atom stereocenters. The molecule has 2 fully saturated rings. The molecular formula is C24H41NO18. The molecule has 0 aromatic carbocycles. The number of aliphatic hydroxyl groups excluding tert-OH is 13. The van der Waals surface area contributed by atoms with Crippen LogP contribution >= 0.6 is 0 Å². The van der Waals surface area contributed by atoms with Crippen LogP contribution in [0.1, 0.15) is 6.92 Å². The number of rotatable bonds is 12. The van der Waals surface area contributed by atoms with Crippen LogP contribution < -0.4 is 5.32 Å². The standard InChI is InChI=1S/C24H41NO18/c1-6-11(25-8-2-7(3-26)12(31)16(35)13(8)32)15(34)18(37)23(40-6)42-21-17(36)19(38)24(43-22(21)39)41-20(10(30)5-28)14(33)9(29)4-27/h2,4,6,8-26,28-39H,3,5H2,1H3. The Morgan fingerprint density at radius 2 is 1.51 bits per heavy atom. The van der Waals surface area contributed by atoms with E-state index in [4.69, 9.17) is 18.9 Å². The third-order valence-corrected chi connectivity index (χ3v) is 7.73. The predicted octanol–water partition coefficient (Wildman–Crippen LogP) is -8.76. The lowest BCUT2D eigenvalue weighted by molar-refractivity contribution is -0.387. The zero-order chi connectivity index (χ0) is 32.3. The van der Waals surface area contributed by atoms with Gasteiger partial charge in [0, 0.05) is 0 Å². The quantitative estimate of drug-likeness (QED) is 0.0702. The van der Waals surface area contributed by atoms with Gasteiger partial charge in [-0.15, -0.1) is 0 Å². The molecule has 0 saturated carbocycles. The number of carbonyl (C=O) groups is 1. The zero-order valence-electron chi connectivity index (χ0n) is 22.8. The van der Waals surface area contributed by atoms with Crippen LogP contribution in [-0.2, 0) is 23.7 Å². The Kier molecular flexibility index (Phi) is 12.9. The van der Waals surface area contributed by atoms with Crippen molar-refractivity contribution < 1.29 is 90.1 Å². The van der Waals surface area contributed by atoms with Gasteiger partial charge in [-0.25, -0.2) is 0 Å². The van der Waals surface area contributed by atoms with Crippen LogP contribution in [0.15, 0.2) is 11.6 Å². The summed E-state index contributed by atoms with van der Waals surface area (Å²) in [6.45, 7) is -0.229. The van der Waals surface area contributed by atoms with E-state index in [1.807, 2.05) is 0 Å². The lowest BCUT2D eigenvalue weighted by Crippen LogP contribution is -2.68. The first-order valence-electron chi connectivity index (χ1n) is 13.4. The SMILES string of the molecule is CC1OC(OC2C(O)OC(OC(C(O)CO)C(O)C(O)C=O)C(O)C2O)C(O)C(O)C1NC1C=C(CO)C(O)C(O)C1O. The fraction of sp³-hybridized carbons (Fsp3) is 0.875. The monoisotopic (exact) mass is 631 g/mol. The summed E-state index contributed by atoms with van der Waals surface area (Å²) < 4.78 is 21.3. The van der Waals surface area contributed by atoms with Crippen LogP contribution in [0.4, 0.5) is 0 Å². The number of aldehydes is 1. The summed E-state index contributed by atoms with van der Waals surface area (Å²) in [4.78, 5) is 10.8. The van der Waals surface area contributed by atoms with Crippen molar-refractivity contribution in [2.24, 2.45) is 0 Å². The zero-order valence-corrected chi connectivity index (χ0v) is 22.8. The molecule has 1 aliphatic carbocycles. The van der Waals surface area contributed by atoms with E-state index in [9.17, 15) is 71.2 Å². The van der Waals surface area contributed by atoms with E-state index in [2.05, 4.69) is 5.32 Å². The number of hydrogen-bond donors (Lipinski definition) is 14. The highest BCUT2D eigenvalue weighted by molar-refractivity contribution is 5.56. The summed E-state index contributed by atoms with van der Waals surface area (Å²) in [5.74, 6) is 0. The van der Waals surface area contributed by atoms with Gasteiger partial charge in [0.25, 0.3) is 0 Å². The smallest absolute Gasteiger partial charge is 0.189 e. The van der Waals surface area contributed by atoms with Gasteiger partial charge in [-0.2, -0.15) is 0 Å². The minimum atomic E-state index is -2.13. The molecule has 14 N–H and O–H groups in total. The number of carbonyl (C=O) groups excluding carboxylic acids is 1. The summed E-state index contributed by atoms with van der Waals surface area (Å²) in [6.07, 6.45) is -28.1. The Labute approximate surface area is 244 Å². The van der Waals surface area contributed by atoms with E-state index in [0.29, 0.717) is 0 Å². The van der Waals surface area contributed by atoms with Crippen molar-refractivity contribution in [1.82, 2.24) is 5.32 Å². The Morgan fingerprint density at radius 1 is 0.884 bits per heavy atom. The van der Waals surface area contributed by atoms with Crippen molar-refractivity contribution in [2.45, 2.75) is 117 Å². The highest BCUT2D eigenvalue weighted by Gasteiger charge is 2.52. The Bertz CT molecular complexity index is 929. The summed E-state index contributed by atoms with van der Waals surface area (Å²) >= 11 is 0. The molecule has 250 valence electrons. The highest BCUT2D eigenvalue weighted by Crippen LogP contribution is 2.31. The molecule has 2 aliphatic heterocycles. The number of nitrogens with one attached hydrogen (secondary N) is 1. The fourth-order valence-corrected chi connectivity index (χ4v) is 5.10. The van der Waals surface area contributed by atoms with E-state index < -0.39 is 124 Å². The minimum Gasteiger partial charge on any atom is -0.394 e. The van der Waals surface area contributed by atoms with Gasteiger partial charge in [-0.3, -0.25) is 0 Å². The first kappa shape index (κ1) is 36.2.